The molecule has 0 aromatic carbocycles. The van der Waals surface area contributed by atoms with E-state index in [0.29, 0.717) is 0 Å². The molecule has 1 saturated carbocycles. The van der Waals surface area contributed by atoms with Crippen molar-refractivity contribution in [3.05, 3.63) is 0 Å². The van der Waals surface area contributed by atoms with Crippen LogP contribution in [-0.4, -0.2) is 24.1 Å². The van der Waals surface area contributed by atoms with E-state index in [0.717, 1.165) is 18.8 Å². The van der Waals surface area contributed by atoms with Crippen LogP contribution >= 0.6 is 11.8 Å². The SMILES string of the molecule is CNC(C)(C#N)CCCCSCC1CCCC1. The van der Waals surface area contributed by atoms with Gasteiger partial charge in [-0.25, -0.2) is 0 Å². The number of nitrogens with zero attached hydrogens (tertiary/aromatic N) is 1. The molecule has 1 aliphatic carbocycles. The van der Waals surface area contributed by atoms with Gasteiger partial charge in [0.25, 0.3) is 0 Å². The van der Waals surface area contributed by atoms with E-state index in [4.69, 9.17) is 5.26 Å². The molecule has 0 heterocycles. The Morgan fingerprint density at radius 3 is 2.65 bits per heavy atom. The van der Waals surface area contributed by atoms with Crippen LogP contribution in [0.5, 0.6) is 0 Å². The van der Waals surface area contributed by atoms with E-state index in [1.165, 1.54) is 43.6 Å². The van der Waals surface area contributed by atoms with Crippen molar-refractivity contribution in [1.29, 1.82) is 5.26 Å². The molecule has 1 unspecified atom stereocenters. The maximum Gasteiger partial charge on any atom is 0.103 e. The molecule has 0 aromatic heterocycles. The van der Waals surface area contributed by atoms with Gasteiger partial charge < -0.3 is 5.32 Å². The molecule has 1 aliphatic rings. The zero-order chi connectivity index (χ0) is 12.6. The van der Waals surface area contributed by atoms with Crippen LogP contribution in [0.25, 0.3) is 0 Å². The van der Waals surface area contributed by atoms with E-state index in [2.05, 4.69) is 23.1 Å². The van der Waals surface area contributed by atoms with Gasteiger partial charge in [-0.1, -0.05) is 12.8 Å². The summed E-state index contributed by atoms with van der Waals surface area (Å²) in [6, 6.07) is 2.35. The number of hydrogen-bond donors (Lipinski definition) is 1. The van der Waals surface area contributed by atoms with Crippen molar-refractivity contribution in [3.63, 3.8) is 0 Å². The maximum absolute atomic E-state index is 9.01. The minimum absolute atomic E-state index is 0.323. The van der Waals surface area contributed by atoms with Crippen molar-refractivity contribution in [3.8, 4) is 6.07 Å². The lowest BCUT2D eigenvalue weighted by Crippen LogP contribution is -2.37. The van der Waals surface area contributed by atoms with Crippen molar-refractivity contribution in [1.82, 2.24) is 5.32 Å². The van der Waals surface area contributed by atoms with Crippen LogP contribution in [0.1, 0.15) is 51.9 Å². The zero-order valence-electron chi connectivity index (χ0n) is 11.3. The second-order valence-electron chi connectivity index (χ2n) is 5.38. The third-order valence-corrected chi connectivity index (χ3v) is 5.13. The van der Waals surface area contributed by atoms with Gasteiger partial charge in [-0.2, -0.15) is 17.0 Å². The molecular weight excluding hydrogens is 228 g/mol. The molecule has 1 rings (SSSR count). The average Bonchev–Trinajstić information content (AvgIpc) is 2.86. The highest BCUT2D eigenvalue weighted by Gasteiger charge is 2.20. The van der Waals surface area contributed by atoms with E-state index in [1.807, 2.05) is 14.0 Å². The summed E-state index contributed by atoms with van der Waals surface area (Å²) in [5.41, 5.74) is -0.323. The third-order valence-electron chi connectivity index (χ3n) is 3.84. The Hall–Kier alpha value is -0.200. The van der Waals surface area contributed by atoms with Crippen LogP contribution in [-0.2, 0) is 0 Å². The zero-order valence-corrected chi connectivity index (χ0v) is 12.1. The van der Waals surface area contributed by atoms with Crippen LogP contribution in [0, 0.1) is 17.2 Å². The van der Waals surface area contributed by atoms with Crippen molar-refractivity contribution in [2.24, 2.45) is 5.92 Å². The quantitative estimate of drug-likeness (QED) is 0.673. The van der Waals surface area contributed by atoms with Crippen molar-refractivity contribution in [2.75, 3.05) is 18.6 Å². The molecule has 1 N–H and O–H groups in total. The topological polar surface area (TPSA) is 35.8 Å². The van der Waals surface area contributed by atoms with Gasteiger partial charge in [0.1, 0.15) is 5.54 Å². The fraction of sp³-hybridized carbons (Fsp3) is 0.929. The second kappa shape index (κ2) is 8.00. The summed E-state index contributed by atoms with van der Waals surface area (Å²) in [5, 5.41) is 12.1. The average molecular weight is 254 g/mol. The van der Waals surface area contributed by atoms with Crippen molar-refractivity contribution in [2.45, 2.75) is 57.4 Å². The van der Waals surface area contributed by atoms with E-state index in [-0.39, 0.29) is 5.54 Å². The first kappa shape index (κ1) is 14.9. The Balaban J connectivity index is 1.95. The first-order valence-electron chi connectivity index (χ1n) is 6.88. The predicted octanol–water partition coefficient (Wildman–Crippen LogP) is 3.58. The number of hydrogen-bond acceptors (Lipinski definition) is 3. The van der Waals surface area contributed by atoms with Crippen molar-refractivity contribution < 1.29 is 0 Å². The van der Waals surface area contributed by atoms with Gasteiger partial charge in [-0.3, -0.25) is 0 Å². The van der Waals surface area contributed by atoms with Gasteiger partial charge in [0.15, 0.2) is 0 Å². The lowest BCUT2D eigenvalue weighted by Gasteiger charge is -2.20. The van der Waals surface area contributed by atoms with Crippen LogP contribution < -0.4 is 5.32 Å². The molecule has 3 heteroatoms. The molecule has 1 fully saturated rings. The van der Waals surface area contributed by atoms with Crippen LogP contribution in [0.15, 0.2) is 0 Å². The summed E-state index contributed by atoms with van der Waals surface area (Å²) in [4.78, 5) is 0. The Bertz CT molecular complexity index is 243. The highest BCUT2D eigenvalue weighted by molar-refractivity contribution is 7.99. The number of rotatable bonds is 8. The third kappa shape index (κ3) is 5.79. The van der Waals surface area contributed by atoms with E-state index >= 15 is 0 Å². The number of unbranched alkanes of at least 4 members (excludes halogenated alkanes) is 1. The summed E-state index contributed by atoms with van der Waals surface area (Å²) in [7, 11) is 1.87. The predicted molar refractivity (Wildman–Crippen MR) is 76.2 cm³/mol. The van der Waals surface area contributed by atoms with Gasteiger partial charge in [-0.15, -0.1) is 0 Å². The Morgan fingerprint density at radius 1 is 1.35 bits per heavy atom. The number of nitriles is 1. The first-order valence-corrected chi connectivity index (χ1v) is 8.03. The molecule has 0 radical (unpaired) electrons. The molecule has 0 aliphatic heterocycles. The Labute approximate surface area is 111 Å². The normalized spacial score (nSPS) is 20.1. The largest absolute Gasteiger partial charge is 0.303 e. The molecule has 0 aromatic rings. The standard InChI is InChI=1S/C14H26N2S/c1-14(12-15,16-2)9-5-6-10-17-11-13-7-3-4-8-13/h13,16H,3-11H2,1-2H3. The Kier molecular flexibility index (Phi) is 6.99. The van der Waals surface area contributed by atoms with E-state index in [1.54, 1.807) is 0 Å². The highest BCUT2D eigenvalue weighted by atomic mass is 32.2. The second-order valence-corrected chi connectivity index (χ2v) is 6.53. The van der Waals surface area contributed by atoms with Crippen molar-refractivity contribution >= 4 is 11.8 Å². The van der Waals surface area contributed by atoms with Crippen LogP contribution in [0.2, 0.25) is 0 Å². The number of nitrogens with one attached hydrogen (secondary N) is 1. The fourth-order valence-electron chi connectivity index (χ4n) is 2.35. The van der Waals surface area contributed by atoms with Gasteiger partial charge in [0.05, 0.1) is 6.07 Å². The first-order chi connectivity index (χ1) is 8.20. The smallest absolute Gasteiger partial charge is 0.103 e. The lowest BCUT2D eigenvalue weighted by molar-refractivity contribution is 0.439. The fourth-order valence-corrected chi connectivity index (χ4v) is 3.59. The minimum atomic E-state index is -0.323. The summed E-state index contributed by atoms with van der Waals surface area (Å²) in [6.07, 6.45) is 9.18. The molecule has 17 heavy (non-hydrogen) atoms. The summed E-state index contributed by atoms with van der Waals surface area (Å²) in [6.45, 7) is 1.98. The van der Waals surface area contributed by atoms with Gasteiger partial charge in [0.2, 0.25) is 0 Å². The van der Waals surface area contributed by atoms with E-state index in [9.17, 15) is 0 Å². The molecule has 1 atom stereocenters. The summed E-state index contributed by atoms with van der Waals surface area (Å²) >= 11 is 2.11. The molecule has 0 spiro atoms. The number of thioether (sulfide) groups is 1. The van der Waals surface area contributed by atoms with Crippen LogP contribution in [0.3, 0.4) is 0 Å². The van der Waals surface area contributed by atoms with Gasteiger partial charge in [0, 0.05) is 0 Å². The minimum Gasteiger partial charge on any atom is -0.303 e. The molecule has 0 amide bonds. The maximum atomic E-state index is 9.01. The molecule has 0 bridgehead atoms. The molecule has 2 nitrogen and oxygen atoms in total. The van der Waals surface area contributed by atoms with Gasteiger partial charge >= 0.3 is 0 Å². The molecular formula is C14H26N2S. The van der Waals surface area contributed by atoms with Gasteiger partial charge in [-0.05, 0) is 63.5 Å². The van der Waals surface area contributed by atoms with E-state index < -0.39 is 0 Å². The molecule has 98 valence electrons. The Morgan fingerprint density at radius 2 is 2.06 bits per heavy atom. The summed E-state index contributed by atoms with van der Waals surface area (Å²) < 4.78 is 0. The monoisotopic (exact) mass is 254 g/mol. The lowest BCUT2D eigenvalue weighted by atomic mass is 9.97. The summed E-state index contributed by atoms with van der Waals surface area (Å²) in [5.74, 6) is 3.63. The highest BCUT2D eigenvalue weighted by Crippen LogP contribution is 2.28. The molecule has 0 saturated heterocycles. The van der Waals surface area contributed by atoms with Crippen LogP contribution in [0.4, 0.5) is 0 Å².